The second kappa shape index (κ2) is 7.74. The number of furan rings is 1. The van der Waals surface area contributed by atoms with Gasteiger partial charge in [0.05, 0.1) is 6.26 Å². The van der Waals surface area contributed by atoms with Crippen molar-refractivity contribution in [3.63, 3.8) is 0 Å². The van der Waals surface area contributed by atoms with Crippen LogP contribution in [0.15, 0.2) is 47.1 Å². The second-order valence-electron chi connectivity index (χ2n) is 5.84. The zero-order valence-electron chi connectivity index (χ0n) is 14.1. The lowest BCUT2D eigenvalue weighted by atomic mass is 10.2. The Balaban J connectivity index is 1.41. The quantitative estimate of drug-likeness (QED) is 0.863. The molecule has 2 heterocycles. The number of hydrogen-bond donors (Lipinski definition) is 1. The van der Waals surface area contributed by atoms with Gasteiger partial charge in [-0.1, -0.05) is 17.7 Å². The number of benzene rings is 1. The monoisotopic (exact) mass is 343 g/mol. The lowest BCUT2D eigenvalue weighted by Crippen LogP contribution is -2.53. The Kier molecular flexibility index (Phi) is 5.23. The molecule has 3 rings (SSSR count). The van der Waals surface area contributed by atoms with Gasteiger partial charge in [-0.25, -0.2) is 4.79 Å². The molecule has 1 aliphatic rings. The van der Waals surface area contributed by atoms with Crippen LogP contribution in [0.3, 0.4) is 0 Å². The maximum atomic E-state index is 12.2. The van der Waals surface area contributed by atoms with Crippen molar-refractivity contribution >= 4 is 11.9 Å². The summed E-state index contributed by atoms with van der Waals surface area (Å²) in [5, 5.41) is 2.73. The van der Waals surface area contributed by atoms with Gasteiger partial charge in [0.2, 0.25) is 0 Å². The van der Waals surface area contributed by atoms with Crippen molar-refractivity contribution in [1.82, 2.24) is 15.1 Å². The van der Waals surface area contributed by atoms with E-state index in [0.29, 0.717) is 37.7 Å². The van der Waals surface area contributed by atoms with Crippen molar-refractivity contribution in [2.45, 2.75) is 6.92 Å². The van der Waals surface area contributed by atoms with Crippen molar-refractivity contribution in [3.8, 4) is 5.75 Å². The van der Waals surface area contributed by atoms with Gasteiger partial charge >= 0.3 is 6.03 Å². The van der Waals surface area contributed by atoms with Gasteiger partial charge in [0.1, 0.15) is 5.75 Å². The Morgan fingerprint density at radius 1 is 1.08 bits per heavy atom. The van der Waals surface area contributed by atoms with Crippen molar-refractivity contribution in [1.29, 1.82) is 0 Å². The van der Waals surface area contributed by atoms with Crippen LogP contribution in [-0.2, 0) is 0 Å². The van der Waals surface area contributed by atoms with Crippen LogP contribution < -0.4 is 10.1 Å². The largest absolute Gasteiger partial charge is 0.473 e. The topological polar surface area (TPSA) is 75.0 Å². The van der Waals surface area contributed by atoms with E-state index in [1.54, 1.807) is 21.9 Å². The highest BCUT2D eigenvalue weighted by Gasteiger charge is 2.25. The summed E-state index contributed by atoms with van der Waals surface area (Å²) in [4.78, 5) is 27.7. The molecule has 3 amide bonds. The Morgan fingerprint density at radius 3 is 2.40 bits per heavy atom. The van der Waals surface area contributed by atoms with Crippen LogP contribution in [0.1, 0.15) is 16.1 Å². The fourth-order valence-electron chi connectivity index (χ4n) is 2.60. The maximum absolute atomic E-state index is 12.2. The van der Waals surface area contributed by atoms with Gasteiger partial charge in [0.25, 0.3) is 5.91 Å². The van der Waals surface area contributed by atoms with Crippen LogP contribution >= 0.6 is 0 Å². The first-order valence-corrected chi connectivity index (χ1v) is 8.18. The van der Waals surface area contributed by atoms with Gasteiger partial charge in [-0.05, 0) is 31.2 Å². The third kappa shape index (κ3) is 4.32. The highest BCUT2D eigenvalue weighted by Crippen LogP contribution is 2.11. The Labute approximate surface area is 146 Å². The van der Waals surface area contributed by atoms with E-state index in [1.807, 2.05) is 31.2 Å². The lowest BCUT2D eigenvalue weighted by molar-refractivity contribution is 0.0631. The Bertz CT molecular complexity index is 704. The van der Waals surface area contributed by atoms with Crippen LogP contribution in [-0.4, -0.2) is 54.6 Å². The zero-order valence-corrected chi connectivity index (χ0v) is 14.1. The molecule has 0 unspecified atom stereocenters. The molecule has 1 aromatic carbocycles. The average Bonchev–Trinajstić information content (AvgIpc) is 3.17. The molecule has 132 valence electrons. The first-order valence-electron chi connectivity index (χ1n) is 8.18. The smallest absolute Gasteiger partial charge is 0.320 e. The third-order valence-corrected chi connectivity index (χ3v) is 4.07. The van der Waals surface area contributed by atoms with Crippen LogP contribution in [0, 0.1) is 6.92 Å². The molecule has 7 nitrogen and oxygen atoms in total. The van der Waals surface area contributed by atoms with Gasteiger partial charge in [0.15, 0.2) is 12.5 Å². The summed E-state index contributed by atoms with van der Waals surface area (Å²) in [7, 11) is 0. The predicted octanol–water partition coefficient (Wildman–Crippen LogP) is 2.09. The first-order chi connectivity index (χ1) is 12.1. The molecule has 0 aliphatic carbocycles. The zero-order chi connectivity index (χ0) is 17.6. The normalized spacial score (nSPS) is 14.3. The SMILES string of the molecule is Cc1ccc(OCNC(=O)N2CCN(C(=O)c3ccco3)CC2)cc1. The Hall–Kier alpha value is -2.96. The van der Waals surface area contributed by atoms with Crippen molar-refractivity contribution < 1.29 is 18.7 Å². The molecule has 1 aromatic heterocycles. The molecule has 25 heavy (non-hydrogen) atoms. The summed E-state index contributed by atoms with van der Waals surface area (Å²) >= 11 is 0. The van der Waals surface area contributed by atoms with Gasteiger partial charge in [-0.15, -0.1) is 0 Å². The summed E-state index contributed by atoms with van der Waals surface area (Å²) in [6.45, 7) is 4.01. The number of nitrogens with zero attached hydrogens (tertiary/aromatic N) is 2. The number of hydrogen-bond acceptors (Lipinski definition) is 4. The van der Waals surface area contributed by atoms with E-state index < -0.39 is 0 Å². The van der Waals surface area contributed by atoms with Crippen molar-refractivity contribution in [3.05, 3.63) is 54.0 Å². The van der Waals surface area contributed by atoms with E-state index >= 15 is 0 Å². The number of ether oxygens (including phenoxy) is 1. The minimum atomic E-state index is -0.197. The van der Waals surface area contributed by atoms with Crippen molar-refractivity contribution in [2.24, 2.45) is 0 Å². The number of amides is 3. The number of piperazine rings is 1. The molecule has 1 aliphatic heterocycles. The van der Waals surface area contributed by atoms with E-state index in [4.69, 9.17) is 9.15 Å². The highest BCUT2D eigenvalue weighted by atomic mass is 16.5. The van der Waals surface area contributed by atoms with Crippen LogP contribution in [0.2, 0.25) is 0 Å². The number of carbonyl (C=O) groups is 2. The molecule has 1 fully saturated rings. The lowest BCUT2D eigenvalue weighted by Gasteiger charge is -2.34. The molecular weight excluding hydrogens is 322 g/mol. The molecule has 0 saturated carbocycles. The van der Waals surface area contributed by atoms with Crippen molar-refractivity contribution in [2.75, 3.05) is 32.9 Å². The van der Waals surface area contributed by atoms with E-state index in [0.717, 1.165) is 5.56 Å². The van der Waals surface area contributed by atoms with E-state index in [1.165, 1.54) is 6.26 Å². The summed E-state index contributed by atoms with van der Waals surface area (Å²) in [5.41, 5.74) is 1.15. The number of nitrogens with one attached hydrogen (secondary N) is 1. The standard InChI is InChI=1S/C18H21N3O4/c1-14-4-6-15(7-5-14)25-13-19-18(23)21-10-8-20(9-11-21)17(22)16-3-2-12-24-16/h2-7,12H,8-11,13H2,1H3,(H,19,23). The van der Waals surface area contributed by atoms with Gasteiger partial charge in [0, 0.05) is 26.2 Å². The summed E-state index contributed by atoms with van der Waals surface area (Å²) < 4.78 is 10.6. The number of carbonyl (C=O) groups excluding carboxylic acids is 2. The molecule has 0 atom stereocenters. The fraction of sp³-hybridized carbons (Fsp3) is 0.333. The minimum Gasteiger partial charge on any atom is -0.473 e. The number of urea groups is 1. The van der Waals surface area contributed by atoms with Crippen LogP contribution in [0.25, 0.3) is 0 Å². The predicted molar refractivity (Wildman–Crippen MR) is 91.4 cm³/mol. The van der Waals surface area contributed by atoms with E-state index in [2.05, 4.69) is 5.32 Å². The first kappa shape index (κ1) is 16.9. The minimum absolute atomic E-state index is 0.105. The maximum Gasteiger partial charge on any atom is 0.320 e. The van der Waals surface area contributed by atoms with Crippen LogP contribution in [0.4, 0.5) is 4.79 Å². The van der Waals surface area contributed by atoms with Gasteiger partial charge in [-0.2, -0.15) is 0 Å². The molecule has 0 radical (unpaired) electrons. The fourth-order valence-corrected chi connectivity index (χ4v) is 2.60. The van der Waals surface area contributed by atoms with E-state index in [9.17, 15) is 9.59 Å². The molecule has 1 saturated heterocycles. The van der Waals surface area contributed by atoms with E-state index in [-0.39, 0.29) is 18.7 Å². The van der Waals surface area contributed by atoms with Crippen LogP contribution in [0.5, 0.6) is 5.75 Å². The van der Waals surface area contributed by atoms with Gasteiger partial charge < -0.3 is 24.3 Å². The molecule has 1 N–H and O–H groups in total. The molecule has 2 aromatic rings. The summed E-state index contributed by atoms with van der Waals surface area (Å²) in [5.74, 6) is 0.886. The average molecular weight is 343 g/mol. The number of aryl methyl sites for hydroxylation is 1. The molecule has 0 spiro atoms. The molecule has 7 heteroatoms. The molecule has 0 bridgehead atoms. The highest BCUT2D eigenvalue weighted by molar-refractivity contribution is 5.91. The summed E-state index contributed by atoms with van der Waals surface area (Å²) in [6, 6.07) is 10.8. The molecular formula is C18H21N3O4. The third-order valence-electron chi connectivity index (χ3n) is 4.07. The number of rotatable bonds is 4. The van der Waals surface area contributed by atoms with Gasteiger partial charge in [-0.3, -0.25) is 4.79 Å². The second-order valence-corrected chi connectivity index (χ2v) is 5.84. The Morgan fingerprint density at radius 2 is 1.76 bits per heavy atom. The summed E-state index contributed by atoms with van der Waals surface area (Å²) in [6.07, 6.45) is 1.48.